The molecule has 0 N–H and O–H groups in total. The van der Waals surface area contributed by atoms with Crippen molar-refractivity contribution in [3.63, 3.8) is 0 Å². The zero-order valence-corrected chi connectivity index (χ0v) is 9.43. The van der Waals surface area contributed by atoms with E-state index in [1.165, 1.54) is 0 Å². The van der Waals surface area contributed by atoms with E-state index in [-0.39, 0.29) is 0 Å². The summed E-state index contributed by atoms with van der Waals surface area (Å²) >= 11 is 0. The van der Waals surface area contributed by atoms with E-state index in [0.29, 0.717) is 12.3 Å². The second-order valence-electron chi connectivity index (χ2n) is 4.23. The Morgan fingerprint density at radius 3 is 2.88 bits per heavy atom. The molecule has 0 bridgehead atoms. The number of unbranched alkanes of at least 4 members (excludes halogenated alkanes) is 1. The van der Waals surface area contributed by atoms with Crippen LogP contribution in [0, 0.1) is 5.92 Å². The van der Waals surface area contributed by atoms with Crippen LogP contribution >= 0.6 is 0 Å². The lowest BCUT2D eigenvalue weighted by Gasteiger charge is -2.11. The van der Waals surface area contributed by atoms with Gasteiger partial charge in [-0.05, 0) is 44.1 Å². The van der Waals surface area contributed by atoms with Crippen LogP contribution in [-0.4, -0.2) is 19.6 Å². The quantitative estimate of drug-likeness (QED) is 0.653. The number of ether oxygens (including phenoxy) is 1. The highest BCUT2D eigenvalue weighted by Crippen LogP contribution is 2.22. The van der Waals surface area contributed by atoms with Crippen LogP contribution < -0.4 is 0 Å². The molecule has 4 heteroatoms. The standard InChI is InChI=1S/C12H19F3O/c13-11(12(14)15)6-2-1-4-10-5-3-8-16-9-7-10/h6,10,12H,1-5,7-9H2/b11-6-. The summed E-state index contributed by atoms with van der Waals surface area (Å²) in [7, 11) is 0. The Kier molecular flexibility index (Phi) is 6.53. The zero-order chi connectivity index (χ0) is 11.8. The minimum absolute atomic E-state index is 0.410. The summed E-state index contributed by atoms with van der Waals surface area (Å²) in [5.74, 6) is -0.672. The van der Waals surface area contributed by atoms with E-state index in [2.05, 4.69) is 0 Å². The molecular weight excluding hydrogens is 217 g/mol. The first-order valence-corrected chi connectivity index (χ1v) is 5.91. The molecule has 1 heterocycles. The van der Waals surface area contributed by atoms with Crippen molar-refractivity contribution in [1.82, 2.24) is 0 Å². The van der Waals surface area contributed by atoms with Gasteiger partial charge in [-0.1, -0.05) is 6.42 Å². The highest BCUT2D eigenvalue weighted by atomic mass is 19.3. The molecule has 0 spiro atoms. The molecule has 1 fully saturated rings. The van der Waals surface area contributed by atoms with Gasteiger partial charge in [0.15, 0.2) is 5.83 Å². The summed E-state index contributed by atoms with van der Waals surface area (Å²) < 4.78 is 41.4. The monoisotopic (exact) mass is 236 g/mol. The van der Waals surface area contributed by atoms with Crippen LogP contribution in [0.3, 0.4) is 0 Å². The van der Waals surface area contributed by atoms with Crippen LogP contribution in [0.2, 0.25) is 0 Å². The molecule has 1 aliphatic heterocycles. The predicted octanol–water partition coefficient (Wildman–Crippen LogP) is 4.09. The molecule has 1 rings (SSSR count). The molecule has 0 aromatic rings. The number of hydrogen-bond acceptors (Lipinski definition) is 1. The summed E-state index contributed by atoms with van der Waals surface area (Å²) in [5, 5.41) is 0. The minimum atomic E-state index is -2.95. The molecule has 0 saturated carbocycles. The van der Waals surface area contributed by atoms with Crippen LogP contribution in [0.4, 0.5) is 13.2 Å². The highest BCUT2D eigenvalue weighted by Gasteiger charge is 2.12. The summed E-state index contributed by atoms with van der Waals surface area (Å²) in [5.41, 5.74) is 0. The SMILES string of the molecule is F/C(=C\CCCC1CCCOCC1)C(F)F. The van der Waals surface area contributed by atoms with Gasteiger partial charge in [0.2, 0.25) is 0 Å². The first-order valence-electron chi connectivity index (χ1n) is 5.91. The number of allylic oxidation sites excluding steroid dienone is 2. The van der Waals surface area contributed by atoms with Crippen molar-refractivity contribution in [1.29, 1.82) is 0 Å². The number of hydrogen-bond donors (Lipinski definition) is 0. The molecule has 0 aliphatic carbocycles. The van der Waals surface area contributed by atoms with Gasteiger partial charge >= 0.3 is 0 Å². The molecule has 0 radical (unpaired) electrons. The van der Waals surface area contributed by atoms with Crippen molar-refractivity contribution in [3.05, 3.63) is 11.9 Å². The average Bonchev–Trinajstić information content (AvgIpc) is 2.52. The second-order valence-corrected chi connectivity index (χ2v) is 4.23. The Morgan fingerprint density at radius 2 is 2.12 bits per heavy atom. The lowest BCUT2D eigenvalue weighted by molar-refractivity contribution is 0.141. The fourth-order valence-corrected chi connectivity index (χ4v) is 1.99. The number of halogens is 3. The van der Waals surface area contributed by atoms with Gasteiger partial charge in [-0.25, -0.2) is 13.2 Å². The van der Waals surface area contributed by atoms with Crippen molar-refractivity contribution in [3.8, 4) is 0 Å². The lowest BCUT2D eigenvalue weighted by atomic mass is 9.94. The zero-order valence-electron chi connectivity index (χ0n) is 9.43. The molecule has 1 unspecified atom stereocenters. The van der Waals surface area contributed by atoms with Gasteiger partial charge in [0.1, 0.15) is 0 Å². The van der Waals surface area contributed by atoms with Crippen molar-refractivity contribution >= 4 is 0 Å². The van der Waals surface area contributed by atoms with Crippen molar-refractivity contribution in [2.75, 3.05) is 13.2 Å². The van der Waals surface area contributed by atoms with Crippen LogP contribution in [0.25, 0.3) is 0 Å². The first-order chi connectivity index (χ1) is 7.70. The van der Waals surface area contributed by atoms with Crippen molar-refractivity contribution < 1.29 is 17.9 Å². The average molecular weight is 236 g/mol. The summed E-state index contributed by atoms with van der Waals surface area (Å²) in [6, 6.07) is 0. The van der Waals surface area contributed by atoms with E-state index >= 15 is 0 Å². The molecule has 1 aliphatic rings. The number of alkyl halides is 2. The third kappa shape index (κ3) is 5.54. The van der Waals surface area contributed by atoms with E-state index in [0.717, 1.165) is 51.4 Å². The Labute approximate surface area is 94.7 Å². The fourth-order valence-electron chi connectivity index (χ4n) is 1.99. The molecule has 94 valence electrons. The van der Waals surface area contributed by atoms with E-state index in [1.807, 2.05) is 0 Å². The minimum Gasteiger partial charge on any atom is -0.381 e. The molecule has 0 aromatic heterocycles. The summed E-state index contributed by atoms with van der Waals surface area (Å²) in [6.07, 6.45) is 3.49. The van der Waals surface area contributed by atoms with Crippen LogP contribution in [0.15, 0.2) is 11.9 Å². The maximum absolute atomic E-state index is 12.4. The van der Waals surface area contributed by atoms with Gasteiger partial charge in [-0.2, -0.15) is 0 Å². The smallest absolute Gasteiger partial charge is 0.289 e. The topological polar surface area (TPSA) is 9.23 Å². The van der Waals surface area contributed by atoms with Gasteiger partial charge < -0.3 is 4.74 Å². The van der Waals surface area contributed by atoms with E-state index in [1.54, 1.807) is 0 Å². The Balaban J connectivity index is 2.12. The van der Waals surface area contributed by atoms with Gasteiger partial charge in [0.25, 0.3) is 6.43 Å². The summed E-state index contributed by atoms with van der Waals surface area (Å²) in [4.78, 5) is 0. The van der Waals surface area contributed by atoms with E-state index < -0.39 is 12.3 Å². The summed E-state index contributed by atoms with van der Waals surface area (Å²) in [6.45, 7) is 1.63. The fraction of sp³-hybridized carbons (Fsp3) is 0.833. The van der Waals surface area contributed by atoms with Gasteiger partial charge in [-0.15, -0.1) is 0 Å². The van der Waals surface area contributed by atoms with E-state index in [4.69, 9.17) is 4.74 Å². The normalized spacial score (nSPS) is 23.5. The molecule has 1 saturated heterocycles. The van der Waals surface area contributed by atoms with E-state index in [9.17, 15) is 13.2 Å². The molecule has 0 aromatic carbocycles. The van der Waals surface area contributed by atoms with Crippen LogP contribution in [-0.2, 0) is 4.74 Å². The van der Waals surface area contributed by atoms with Gasteiger partial charge in [-0.3, -0.25) is 0 Å². The van der Waals surface area contributed by atoms with Gasteiger partial charge in [0, 0.05) is 13.2 Å². The Morgan fingerprint density at radius 1 is 1.31 bits per heavy atom. The molecular formula is C12H19F3O. The van der Waals surface area contributed by atoms with Gasteiger partial charge in [0.05, 0.1) is 0 Å². The number of rotatable bonds is 5. The highest BCUT2D eigenvalue weighted by molar-refractivity contribution is 4.94. The van der Waals surface area contributed by atoms with Crippen molar-refractivity contribution in [2.45, 2.75) is 45.0 Å². The predicted molar refractivity (Wildman–Crippen MR) is 57.2 cm³/mol. The molecule has 1 nitrogen and oxygen atoms in total. The maximum atomic E-state index is 12.4. The van der Waals surface area contributed by atoms with Crippen molar-refractivity contribution in [2.24, 2.45) is 5.92 Å². The molecule has 16 heavy (non-hydrogen) atoms. The Bertz CT molecular complexity index is 208. The van der Waals surface area contributed by atoms with Crippen LogP contribution in [0.5, 0.6) is 0 Å². The first kappa shape index (κ1) is 13.6. The molecule has 1 atom stereocenters. The molecule has 0 amide bonds. The largest absolute Gasteiger partial charge is 0.381 e. The maximum Gasteiger partial charge on any atom is 0.289 e. The Hall–Kier alpha value is -0.510. The second kappa shape index (κ2) is 7.71. The third-order valence-electron chi connectivity index (χ3n) is 2.94. The lowest BCUT2D eigenvalue weighted by Crippen LogP contribution is -2.00. The third-order valence-corrected chi connectivity index (χ3v) is 2.94. The van der Waals surface area contributed by atoms with Crippen LogP contribution in [0.1, 0.15) is 38.5 Å².